The van der Waals surface area contributed by atoms with Gasteiger partial charge >= 0.3 is 0 Å². The normalized spacial score (nSPS) is 16.9. The van der Waals surface area contributed by atoms with Crippen molar-refractivity contribution < 1.29 is 9.59 Å². The first-order valence-corrected chi connectivity index (χ1v) is 6.43. The summed E-state index contributed by atoms with van der Waals surface area (Å²) < 4.78 is 0. The number of amides is 2. The molecule has 2 amide bonds. The number of hydrogen-bond acceptors (Lipinski definition) is 3. The fourth-order valence-corrected chi connectivity index (χ4v) is 1.89. The predicted octanol–water partition coefficient (Wildman–Crippen LogP) is 0.243. The van der Waals surface area contributed by atoms with Gasteiger partial charge in [0.15, 0.2) is 0 Å². The fourth-order valence-electron chi connectivity index (χ4n) is 1.89. The van der Waals surface area contributed by atoms with Crippen LogP contribution in [0.2, 0.25) is 0 Å². The number of carbonyl (C=O) groups excluding carboxylic acids is 2. The van der Waals surface area contributed by atoms with Gasteiger partial charge in [0.25, 0.3) is 0 Å². The van der Waals surface area contributed by atoms with Crippen LogP contribution in [-0.2, 0) is 9.59 Å². The van der Waals surface area contributed by atoms with Gasteiger partial charge in [-0.25, -0.2) is 0 Å². The largest absolute Gasteiger partial charge is 0.356 e. The van der Waals surface area contributed by atoms with E-state index in [0.29, 0.717) is 19.4 Å². The molecule has 1 aliphatic heterocycles. The molecule has 3 N–H and O–H groups in total. The van der Waals surface area contributed by atoms with Crippen molar-refractivity contribution in [2.24, 2.45) is 5.73 Å². The summed E-state index contributed by atoms with van der Waals surface area (Å²) in [6.07, 6.45) is 3.73. The third kappa shape index (κ3) is 5.17. The van der Waals surface area contributed by atoms with E-state index in [1.807, 2.05) is 11.8 Å². The van der Waals surface area contributed by atoms with E-state index in [4.69, 9.17) is 5.73 Å². The molecule has 1 aliphatic rings. The summed E-state index contributed by atoms with van der Waals surface area (Å²) in [5, 5.41) is 2.74. The van der Waals surface area contributed by atoms with Crippen LogP contribution < -0.4 is 11.1 Å². The molecule has 0 aromatic rings. The summed E-state index contributed by atoms with van der Waals surface area (Å²) in [5.41, 5.74) is 5.67. The second kappa shape index (κ2) is 7.27. The maximum absolute atomic E-state index is 11.7. The Morgan fingerprint density at radius 1 is 1.35 bits per heavy atom. The standard InChI is InChI=1S/C12H23N3O2/c1-2-10(13)9-11(16)14-6-5-12(17)15-7-3-4-8-15/h10H,2-9,13H2,1H3,(H,14,16). The van der Waals surface area contributed by atoms with E-state index in [1.54, 1.807) is 0 Å². The summed E-state index contributed by atoms with van der Waals surface area (Å²) in [5.74, 6) is 0.0798. The van der Waals surface area contributed by atoms with Crippen molar-refractivity contribution in [3.8, 4) is 0 Å². The molecule has 0 aliphatic carbocycles. The predicted molar refractivity (Wildman–Crippen MR) is 66.3 cm³/mol. The van der Waals surface area contributed by atoms with Gasteiger partial charge in [0.1, 0.15) is 0 Å². The Labute approximate surface area is 103 Å². The van der Waals surface area contributed by atoms with Crippen molar-refractivity contribution in [2.45, 2.75) is 45.1 Å². The Kier molecular flexibility index (Phi) is 5.97. The average Bonchev–Trinajstić information content (AvgIpc) is 2.82. The molecule has 0 aromatic heterocycles. The Bertz CT molecular complexity index is 262. The van der Waals surface area contributed by atoms with E-state index in [-0.39, 0.29) is 17.9 Å². The molecule has 1 fully saturated rings. The summed E-state index contributed by atoms with van der Waals surface area (Å²) >= 11 is 0. The third-order valence-electron chi connectivity index (χ3n) is 3.09. The molecule has 1 rings (SSSR count). The van der Waals surface area contributed by atoms with Crippen LogP contribution >= 0.6 is 0 Å². The highest BCUT2D eigenvalue weighted by molar-refractivity contribution is 5.79. The highest BCUT2D eigenvalue weighted by Gasteiger charge is 2.17. The van der Waals surface area contributed by atoms with Crippen molar-refractivity contribution in [2.75, 3.05) is 19.6 Å². The summed E-state index contributed by atoms with van der Waals surface area (Å²) in [6.45, 7) is 4.11. The fraction of sp³-hybridized carbons (Fsp3) is 0.833. The van der Waals surface area contributed by atoms with Crippen LogP contribution in [0.1, 0.15) is 39.0 Å². The maximum atomic E-state index is 11.7. The molecule has 1 unspecified atom stereocenters. The van der Waals surface area contributed by atoms with Crippen molar-refractivity contribution in [1.82, 2.24) is 10.2 Å². The van der Waals surface area contributed by atoms with Gasteiger partial charge in [0.05, 0.1) is 0 Å². The number of hydrogen-bond donors (Lipinski definition) is 2. The van der Waals surface area contributed by atoms with Gasteiger partial charge in [-0.1, -0.05) is 6.92 Å². The van der Waals surface area contributed by atoms with Crippen LogP contribution in [0, 0.1) is 0 Å². The Morgan fingerprint density at radius 3 is 2.59 bits per heavy atom. The van der Waals surface area contributed by atoms with Gasteiger partial charge in [0.2, 0.25) is 11.8 Å². The van der Waals surface area contributed by atoms with Crippen molar-refractivity contribution >= 4 is 11.8 Å². The van der Waals surface area contributed by atoms with E-state index >= 15 is 0 Å². The topological polar surface area (TPSA) is 75.4 Å². The number of likely N-dealkylation sites (tertiary alicyclic amines) is 1. The van der Waals surface area contributed by atoms with Crippen LogP contribution in [0.4, 0.5) is 0 Å². The van der Waals surface area contributed by atoms with Gasteiger partial charge in [0, 0.05) is 38.5 Å². The number of carbonyl (C=O) groups is 2. The molecule has 1 atom stereocenters. The third-order valence-corrected chi connectivity index (χ3v) is 3.09. The molecular formula is C12H23N3O2. The van der Waals surface area contributed by atoms with Crippen molar-refractivity contribution in [3.05, 3.63) is 0 Å². The zero-order valence-electron chi connectivity index (χ0n) is 10.6. The molecule has 0 bridgehead atoms. The zero-order valence-corrected chi connectivity index (χ0v) is 10.6. The van der Waals surface area contributed by atoms with Crippen LogP contribution in [0.5, 0.6) is 0 Å². The lowest BCUT2D eigenvalue weighted by Gasteiger charge is -2.15. The van der Waals surface area contributed by atoms with Crippen molar-refractivity contribution in [3.63, 3.8) is 0 Å². The van der Waals surface area contributed by atoms with E-state index in [0.717, 1.165) is 32.4 Å². The van der Waals surface area contributed by atoms with Gasteiger partial charge in [-0.2, -0.15) is 0 Å². The van der Waals surface area contributed by atoms with Gasteiger partial charge in [-0.05, 0) is 19.3 Å². The maximum Gasteiger partial charge on any atom is 0.224 e. The Balaban J connectivity index is 2.10. The summed E-state index contributed by atoms with van der Waals surface area (Å²) in [6, 6.07) is -0.0794. The first kappa shape index (κ1) is 14.0. The average molecular weight is 241 g/mol. The first-order valence-electron chi connectivity index (χ1n) is 6.43. The van der Waals surface area contributed by atoms with E-state index in [2.05, 4.69) is 5.32 Å². The van der Waals surface area contributed by atoms with E-state index in [9.17, 15) is 9.59 Å². The van der Waals surface area contributed by atoms with Gasteiger partial charge in [-0.15, -0.1) is 0 Å². The molecular weight excluding hydrogens is 218 g/mol. The minimum absolute atomic E-state index is 0.0615. The Morgan fingerprint density at radius 2 is 2.00 bits per heavy atom. The molecule has 0 aromatic carbocycles. The molecule has 0 spiro atoms. The number of nitrogens with two attached hydrogens (primary N) is 1. The van der Waals surface area contributed by atoms with Crippen LogP contribution in [-0.4, -0.2) is 42.4 Å². The van der Waals surface area contributed by atoms with Crippen LogP contribution in [0.25, 0.3) is 0 Å². The quantitative estimate of drug-likeness (QED) is 0.699. The van der Waals surface area contributed by atoms with E-state index < -0.39 is 0 Å². The SMILES string of the molecule is CCC(N)CC(=O)NCCC(=O)N1CCCC1. The monoisotopic (exact) mass is 241 g/mol. The van der Waals surface area contributed by atoms with Gasteiger partial charge in [-0.3, -0.25) is 9.59 Å². The van der Waals surface area contributed by atoms with Crippen LogP contribution in [0.3, 0.4) is 0 Å². The summed E-state index contributed by atoms with van der Waals surface area (Å²) in [7, 11) is 0. The second-order valence-electron chi connectivity index (χ2n) is 4.56. The van der Waals surface area contributed by atoms with E-state index in [1.165, 1.54) is 0 Å². The van der Waals surface area contributed by atoms with Crippen LogP contribution in [0.15, 0.2) is 0 Å². The molecule has 1 heterocycles. The minimum atomic E-state index is -0.0794. The molecule has 17 heavy (non-hydrogen) atoms. The lowest BCUT2D eigenvalue weighted by Crippen LogP contribution is -2.35. The molecule has 0 radical (unpaired) electrons. The number of rotatable bonds is 6. The second-order valence-corrected chi connectivity index (χ2v) is 4.56. The molecule has 1 saturated heterocycles. The highest BCUT2D eigenvalue weighted by atomic mass is 16.2. The van der Waals surface area contributed by atoms with Crippen molar-refractivity contribution in [1.29, 1.82) is 0 Å². The molecule has 5 heteroatoms. The highest BCUT2D eigenvalue weighted by Crippen LogP contribution is 2.08. The smallest absolute Gasteiger partial charge is 0.224 e. The zero-order chi connectivity index (χ0) is 12.7. The molecule has 0 saturated carbocycles. The van der Waals surface area contributed by atoms with Gasteiger partial charge < -0.3 is 16.0 Å². The minimum Gasteiger partial charge on any atom is -0.356 e. The Hall–Kier alpha value is -1.10. The number of nitrogens with zero attached hydrogens (tertiary/aromatic N) is 1. The lowest BCUT2D eigenvalue weighted by molar-refractivity contribution is -0.130. The number of nitrogens with one attached hydrogen (secondary N) is 1. The molecule has 98 valence electrons. The lowest BCUT2D eigenvalue weighted by atomic mass is 10.1. The first-order chi connectivity index (χ1) is 8.13. The summed E-state index contributed by atoms with van der Waals surface area (Å²) in [4.78, 5) is 24.9. The molecule has 5 nitrogen and oxygen atoms in total.